The number of amides is 1. The van der Waals surface area contributed by atoms with Gasteiger partial charge in [-0.2, -0.15) is 0 Å². The van der Waals surface area contributed by atoms with Crippen LogP contribution in [0, 0.1) is 11.7 Å². The molecule has 17 heavy (non-hydrogen) atoms. The summed E-state index contributed by atoms with van der Waals surface area (Å²) in [6, 6.07) is 4.45. The lowest BCUT2D eigenvalue weighted by Crippen LogP contribution is -2.43. The van der Waals surface area contributed by atoms with Gasteiger partial charge in [0.1, 0.15) is 11.6 Å². The van der Waals surface area contributed by atoms with Gasteiger partial charge in [-0.1, -0.05) is 6.92 Å². The summed E-state index contributed by atoms with van der Waals surface area (Å²) in [6.45, 7) is 2.14. The maximum atomic E-state index is 13.6. The fourth-order valence-corrected chi connectivity index (χ4v) is 2.09. The van der Waals surface area contributed by atoms with Crippen LogP contribution in [0.5, 0.6) is 5.75 Å². The van der Waals surface area contributed by atoms with Crippen molar-refractivity contribution < 1.29 is 13.9 Å². The molecule has 0 bridgehead atoms. The zero-order valence-corrected chi connectivity index (χ0v) is 10.00. The van der Waals surface area contributed by atoms with Crippen molar-refractivity contribution in [1.82, 2.24) is 5.32 Å². The average Bonchev–Trinajstić information content (AvgIpc) is 2.26. The first-order valence-electron chi connectivity index (χ1n) is 5.74. The van der Waals surface area contributed by atoms with Gasteiger partial charge >= 0.3 is 0 Å². The Bertz CT molecular complexity index is 427. The van der Waals surface area contributed by atoms with Crippen LogP contribution in [-0.2, 0) is 0 Å². The molecule has 1 aliphatic carbocycles. The zero-order valence-electron chi connectivity index (χ0n) is 10.00. The number of benzene rings is 1. The third-order valence-corrected chi connectivity index (χ3v) is 3.13. The van der Waals surface area contributed by atoms with Crippen LogP contribution in [0.15, 0.2) is 18.2 Å². The maximum absolute atomic E-state index is 13.6. The van der Waals surface area contributed by atoms with E-state index < -0.39 is 5.82 Å². The molecule has 3 nitrogen and oxygen atoms in total. The highest BCUT2D eigenvalue weighted by Gasteiger charge is 2.27. The lowest BCUT2D eigenvalue weighted by Gasteiger charge is -2.33. The molecule has 1 aromatic carbocycles. The number of nitrogens with one attached hydrogen (secondary N) is 1. The SMILES string of the molecule is COc1ccc(C(=O)NC2CC(C)C2)c(F)c1. The largest absolute Gasteiger partial charge is 0.497 e. The lowest BCUT2D eigenvalue weighted by molar-refractivity contribution is 0.0892. The van der Waals surface area contributed by atoms with E-state index in [0.717, 1.165) is 12.8 Å². The summed E-state index contributed by atoms with van der Waals surface area (Å²) in [7, 11) is 1.46. The first-order chi connectivity index (χ1) is 8.10. The van der Waals surface area contributed by atoms with E-state index in [1.165, 1.54) is 19.2 Å². The molecule has 1 amide bonds. The summed E-state index contributed by atoms with van der Waals surface area (Å²) in [5, 5.41) is 2.82. The molecule has 0 heterocycles. The van der Waals surface area contributed by atoms with Crippen LogP contribution >= 0.6 is 0 Å². The van der Waals surface area contributed by atoms with E-state index in [9.17, 15) is 9.18 Å². The maximum Gasteiger partial charge on any atom is 0.254 e. The quantitative estimate of drug-likeness (QED) is 0.876. The van der Waals surface area contributed by atoms with Crippen LogP contribution in [-0.4, -0.2) is 19.1 Å². The summed E-state index contributed by atoms with van der Waals surface area (Å²) >= 11 is 0. The first-order valence-corrected chi connectivity index (χ1v) is 5.74. The monoisotopic (exact) mass is 237 g/mol. The Morgan fingerprint density at radius 2 is 2.18 bits per heavy atom. The summed E-state index contributed by atoms with van der Waals surface area (Å²) in [4.78, 5) is 11.8. The van der Waals surface area contributed by atoms with Gasteiger partial charge in [0.2, 0.25) is 0 Å². The van der Waals surface area contributed by atoms with E-state index in [0.29, 0.717) is 11.7 Å². The number of ether oxygens (including phenoxy) is 1. The normalized spacial score (nSPS) is 22.8. The fourth-order valence-electron chi connectivity index (χ4n) is 2.09. The topological polar surface area (TPSA) is 38.3 Å². The van der Waals surface area contributed by atoms with Crippen LogP contribution < -0.4 is 10.1 Å². The molecule has 92 valence electrons. The Morgan fingerprint density at radius 1 is 1.47 bits per heavy atom. The molecule has 0 aromatic heterocycles. The molecule has 4 heteroatoms. The number of carbonyl (C=O) groups excluding carboxylic acids is 1. The van der Waals surface area contributed by atoms with E-state index in [-0.39, 0.29) is 17.5 Å². The summed E-state index contributed by atoms with van der Waals surface area (Å²) in [5.74, 6) is 0.175. The standard InChI is InChI=1S/C13H16FNO2/c1-8-5-9(6-8)15-13(16)11-4-3-10(17-2)7-12(11)14/h3-4,7-9H,5-6H2,1-2H3,(H,15,16). The van der Waals surface area contributed by atoms with Gasteiger partial charge in [-0.05, 0) is 30.9 Å². The van der Waals surface area contributed by atoms with E-state index in [1.807, 2.05) is 0 Å². The molecule has 0 saturated heterocycles. The average molecular weight is 237 g/mol. The number of halogens is 1. The second-order valence-electron chi connectivity index (χ2n) is 4.59. The Labute approximate surface area is 100.0 Å². The van der Waals surface area contributed by atoms with Crippen molar-refractivity contribution >= 4 is 5.91 Å². The van der Waals surface area contributed by atoms with Crippen molar-refractivity contribution in [3.63, 3.8) is 0 Å². The third kappa shape index (κ3) is 2.57. The lowest BCUT2D eigenvalue weighted by atomic mass is 9.82. The molecule has 0 aliphatic heterocycles. The number of hydrogen-bond donors (Lipinski definition) is 1. The number of carbonyl (C=O) groups is 1. The van der Waals surface area contributed by atoms with E-state index in [2.05, 4.69) is 12.2 Å². The predicted molar refractivity (Wildman–Crippen MR) is 62.6 cm³/mol. The number of hydrogen-bond acceptors (Lipinski definition) is 2. The molecule has 1 N–H and O–H groups in total. The molecule has 0 atom stereocenters. The van der Waals surface area contributed by atoms with Crippen molar-refractivity contribution in [3.8, 4) is 5.75 Å². The van der Waals surface area contributed by atoms with Gasteiger partial charge in [0.25, 0.3) is 5.91 Å². The first kappa shape index (κ1) is 11.9. The Balaban J connectivity index is 2.03. The highest BCUT2D eigenvalue weighted by Crippen LogP contribution is 2.26. The predicted octanol–water partition coefficient (Wildman–Crippen LogP) is 2.36. The van der Waals surface area contributed by atoms with Crippen molar-refractivity contribution in [3.05, 3.63) is 29.6 Å². The number of rotatable bonds is 3. The molecule has 1 fully saturated rings. The molecule has 0 unspecified atom stereocenters. The highest BCUT2D eigenvalue weighted by molar-refractivity contribution is 5.94. The van der Waals surface area contributed by atoms with Crippen LogP contribution in [0.1, 0.15) is 30.1 Å². The molecular formula is C13H16FNO2. The van der Waals surface area contributed by atoms with Crippen LogP contribution in [0.4, 0.5) is 4.39 Å². The van der Waals surface area contributed by atoms with Crippen molar-refractivity contribution in [2.45, 2.75) is 25.8 Å². The fraction of sp³-hybridized carbons (Fsp3) is 0.462. The van der Waals surface area contributed by atoms with E-state index in [1.54, 1.807) is 6.07 Å². The Kier molecular flexibility index (Phi) is 3.31. The second kappa shape index (κ2) is 4.73. The van der Waals surface area contributed by atoms with E-state index >= 15 is 0 Å². The molecule has 1 aromatic rings. The second-order valence-corrected chi connectivity index (χ2v) is 4.59. The summed E-state index contributed by atoms with van der Waals surface area (Å²) in [5.41, 5.74) is 0.0744. The molecule has 0 spiro atoms. The number of methoxy groups -OCH3 is 1. The van der Waals surface area contributed by atoms with Gasteiger partial charge in [0, 0.05) is 12.1 Å². The molecule has 1 aliphatic rings. The third-order valence-electron chi connectivity index (χ3n) is 3.13. The van der Waals surface area contributed by atoms with Crippen LogP contribution in [0.25, 0.3) is 0 Å². The minimum atomic E-state index is -0.547. The van der Waals surface area contributed by atoms with Crippen LogP contribution in [0.3, 0.4) is 0 Å². The zero-order chi connectivity index (χ0) is 12.4. The summed E-state index contributed by atoms with van der Waals surface area (Å²) in [6.07, 6.45) is 1.95. The van der Waals surface area contributed by atoms with Gasteiger partial charge in [-0.3, -0.25) is 4.79 Å². The van der Waals surface area contributed by atoms with Crippen molar-refractivity contribution in [2.75, 3.05) is 7.11 Å². The van der Waals surface area contributed by atoms with Crippen LogP contribution in [0.2, 0.25) is 0 Å². The summed E-state index contributed by atoms with van der Waals surface area (Å²) < 4.78 is 18.5. The van der Waals surface area contributed by atoms with Gasteiger partial charge in [0.05, 0.1) is 12.7 Å². The van der Waals surface area contributed by atoms with Crippen molar-refractivity contribution in [1.29, 1.82) is 0 Å². The Morgan fingerprint density at radius 3 is 2.71 bits per heavy atom. The van der Waals surface area contributed by atoms with Gasteiger partial charge in [0.15, 0.2) is 0 Å². The van der Waals surface area contributed by atoms with Crippen molar-refractivity contribution in [2.24, 2.45) is 5.92 Å². The molecule has 1 saturated carbocycles. The van der Waals surface area contributed by atoms with Gasteiger partial charge in [-0.25, -0.2) is 4.39 Å². The molecular weight excluding hydrogens is 221 g/mol. The highest BCUT2D eigenvalue weighted by atomic mass is 19.1. The molecule has 0 radical (unpaired) electrons. The van der Waals surface area contributed by atoms with Gasteiger partial charge in [-0.15, -0.1) is 0 Å². The molecule has 2 rings (SSSR count). The smallest absolute Gasteiger partial charge is 0.254 e. The minimum absolute atomic E-state index is 0.0744. The van der Waals surface area contributed by atoms with Gasteiger partial charge < -0.3 is 10.1 Å². The van der Waals surface area contributed by atoms with E-state index in [4.69, 9.17) is 4.74 Å². The minimum Gasteiger partial charge on any atom is -0.497 e. The Hall–Kier alpha value is -1.58.